The Morgan fingerprint density at radius 1 is 1.02 bits per heavy atom. The van der Waals surface area contributed by atoms with E-state index >= 15 is 0 Å². The van der Waals surface area contributed by atoms with Crippen LogP contribution in [0.3, 0.4) is 0 Å². The van der Waals surface area contributed by atoms with Gasteiger partial charge in [-0.25, -0.2) is 9.59 Å². The number of methoxy groups -OCH3 is 2. The van der Waals surface area contributed by atoms with Gasteiger partial charge in [-0.2, -0.15) is 0 Å². The number of esters is 1. The molecule has 2 aromatic carbocycles. The molecule has 0 aliphatic carbocycles. The van der Waals surface area contributed by atoms with Crippen LogP contribution in [-0.4, -0.2) is 80.2 Å². The second kappa shape index (κ2) is 16.2. The third-order valence-corrected chi connectivity index (χ3v) is 6.26. The SMILES string of the molecule is COCOc1cc(/C=C/CC2OC(C)(C)OC2C(/C=C\C[C@@H](C)O)OC(=O)c2ccccc2)c(C(=O)O)c(OCOC)c1. The lowest BCUT2D eigenvalue weighted by molar-refractivity contribution is -0.152. The number of carbonyl (C=O) groups is 2. The van der Waals surface area contributed by atoms with Crippen LogP contribution in [0.1, 0.15) is 59.9 Å². The van der Waals surface area contributed by atoms with Crippen molar-refractivity contribution in [2.75, 3.05) is 27.8 Å². The quantitative estimate of drug-likeness (QED) is 0.156. The van der Waals surface area contributed by atoms with Crippen LogP contribution in [0.15, 0.2) is 60.7 Å². The fourth-order valence-electron chi connectivity index (χ4n) is 4.46. The van der Waals surface area contributed by atoms with Gasteiger partial charge in [-0.1, -0.05) is 36.4 Å². The highest BCUT2D eigenvalue weighted by Gasteiger charge is 2.45. The van der Waals surface area contributed by atoms with Crippen LogP contribution >= 0.6 is 0 Å². The van der Waals surface area contributed by atoms with Crippen LogP contribution < -0.4 is 9.47 Å². The molecule has 0 saturated carbocycles. The second-order valence-electron chi connectivity index (χ2n) is 10.3. The molecule has 2 N–H and O–H groups in total. The third kappa shape index (κ3) is 10.2. The predicted octanol–water partition coefficient (Wildman–Crippen LogP) is 4.83. The Labute approximate surface area is 251 Å². The number of carboxylic acid groups (broad SMARTS) is 1. The van der Waals surface area contributed by atoms with E-state index in [-0.39, 0.29) is 31.3 Å². The lowest BCUT2D eigenvalue weighted by atomic mass is 10.0. The molecule has 1 aliphatic heterocycles. The van der Waals surface area contributed by atoms with E-state index in [1.54, 1.807) is 81.5 Å². The number of hydrogen-bond acceptors (Lipinski definition) is 10. The number of hydrogen-bond donors (Lipinski definition) is 2. The maximum absolute atomic E-state index is 13.0. The van der Waals surface area contributed by atoms with E-state index in [1.165, 1.54) is 20.3 Å². The highest BCUT2D eigenvalue weighted by molar-refractivity contribution is 5.95. The van der Waals surface area contributed by atoms with E-state index in [0.29, 0.717) is 23.3 Å². The van der Waals surface area contributed by atoms with Gasteiger partial charge in [-0.05, 0) is 63.5 Å². The standard InChI is InChI=1S/C32H40O11/c1-21(33)11-9-15-25(41-31(36)22-12-7-6-8-13-22)29-26(42-32(2,3)43-29)16-10-14-23-17-24(39-19-37-4)18-27(40-20-38-5)28(23)30(34)35/h6-10,12-15,17-18,21,25-26,29,33H,11,16,19-20H2,1-5H3,(H,34,35)/b14-10+,15-9-/t21-,25?,26?,29?/m1/s1. The molecule has 2 aromatic rings. The molecule has 1 aliphatic rings. The van der Waals surface area contributed by atoms with Crippen LogP contribution in [0.2, 0.25) is 0 Å². The monoisotopic (exact) mass is 600 g/mol. The Kier molecular flexibility index (Phi) is 12.7. The Hall–Kier alpha value is -3.74. The number of benzene rings is 2. The maximum atomic E-state index is 13.0. The summed E-state index contributed by atoms with van der Waals surface area (Å²) in [5.74, 6) is -2.30. The van der Waals surface area contributed by atoms with Crippen molar-refractivity contribution in [3.05, 3.63) is 77.4 Å². The highest BCUT2D eigenvalue weighted by atomic mass is 16.8. The Morgan fingerprint density at radius 2 is 1.72 bits per heavy atom. The minimum atomic E-state index is -1.19. The number of aliphatic hydroxyl groups excluding tert-OH is 1. The van der Waals surface area contributed by atoms with Crippen molar-refractivity contribution in [3.63, 3.8) is 0 Å². The molecule has 4 atom stereocenters. The molecule has 0 aromatic heterocycles. The molecule has 1 heterocycles. The van der Waals surface area contributed by atoms with Crippen molar-refractivity contribution in [3.8, 4) is 11.5 Å². The molecule has 1 fully saturated rings. The largest absolute Gasteiger partial charge is 0.478 e. The van der Waals surface area contributed by atoms with E-state index in [1.807, 2.05) is 0 Å². The highest BCUT2D eigenvalue weighted by Crippen LogP contribution is 2.35. The van der Waals surface area contributed by atoms with Gasteiger partial charge >= 0.3 is 11.9 Å². The third-order valence-electron chi connectivity index (χ3n) is 6.26. The Morgan fingerprint density at radius 3 is 2.37 bits per heavy atom. The van der Waals surface area contributed by atoms with Gasteiger partial charge in [0.2, 0.25) is 0 Å². The van der Waals surface area contributed by atoms with Gasteiger partial charge in [0.15, 0.2) is 19.4 Å². The van der Waals surface area contributed by atoms with Crippen LogP contribution in [0.4, 0.5) is 0 Å². The molecule has 11 nitrogen and oxygen atoms in total. The summed E-state index contributed by atoms with van der Waals surface area (Å²) in [7, 11) is 2.90. The molecule has 0 bridgehead atoms. The number of aromatic carboxylic acids is 1. The van der Waals surface area contributed by atoms with E-state index in [0.717, 1.165) is 0 Å². The number of carbonyl (C=O) groups excluding carboxylic acids is 1. The fraction of sp³-hybridized carbons (Fsp3) is 0.438. The smallest absolute Gasteiger partial charge is 0.340 e. The van der Waals surface area contributed by atoms with Gasteiger partial charge in [-0.15, -0.1) is 0 Å². The van der Waals surface area contributed by atoms with Gasteiger partial charge in [0.25, 0.3) is 0 Å². The molecular weight excluding hydrogens is 560 g/mol. The maximum Gasteiger partial charge on any atom is 0.340 e. The summed E-state index contributed by atoms with van der Waals surface area (Å²) in [4.78, 5) is 25.2. The summed E-state index contributed by atoms with van der Waals surface area (Å²) in [5, 5.41) is 19.7. The van der Waals surface area contributed by atoms with E-state index < -0.39 is 42.1 Å². The van der Waals surface area contributed by atoms with Crippen molar-refractivity contribution in [2.45, 2.75) is 63.8 Å². The summed E-state index contributed by atoms with van der Waals surface area (Å²) in [6, 6.07) is 11.6. The molecule has 3 unspecified atom stereocenters. The number of carboxylic acids is 1. The Balaban J connectivity index is 1.90. The summed E-state index contributed by atoms with van der Waals surface area (Å²) in [6.45, 7) is 4.98. The topological polar surface area (TPSA) is 139 Å². The molecule has 3 rings (SSSR count). The molecule has 234 valence electrons. The zero-order chi connectivity index (χ0) is 31.4. The van der Waals surface area contributed by atoms with Gasteiger partial charge in [0.1, 0.15) is 29.3 Å². The zero-order valence-corrected chi connectivity index (χ0v) is 25.1. The normalized spacial score (nSPS) is 19.4. The van der Waals surface area contributed by atoms with Crippen LogP contribution in [0.25, 0.3) is 6.08 Å². The number of rotatable bonds is 16. The summed E-state index contributed by atoms with van der Waals surface area (Å²) in [5.41, 5.74) is 0.634. The molecule has 1 saturated heterocycles. The summed E-state index contributed by atoms with van der Waals surface area (Å²) in [6.07, 6.45) is 4.77. The first-order valence-corrected chi connectivity index (χ1v) is 13.8. The van der Waals surface area contributed by atoms with Crippen molar-refractivity contribution in [1.82, 2.24) is 0 Å². The minimum absolute atomic E-state index is 0.0467. The van der Waals surface area contributed by atoms with Crippen molar-refractivity contribution >= 4 is 18.0 Å². The minimum Gasteiger partial charge on any atom is -0.478 e. The van der Waals surface area contributed by atoms with Crippen molar-refractivity contribution in [2.24, 2.45) is 0 Å². The van der Waals surface area contributed by atoms with Gasteiger partial charge in [0, 0.05) is 20.3 Å². The van der Waals surface area contributed by atoms with Crippen molar-refractivity contribution in [1.29, 1.82) is 0 Å². The second-order valence-corrected chi connectivity index (χ2v) is 10.3. The van der Waals surface area contributed by atoms with E-state index in [9.17, 15) is 19.8 Å². The molecule has 0 spiro atoms. The molecule has 43 heavy (non-hydrogen) atoms. The first kappa shape index (κ1) is 33.8. The first-order valence-electron chi connectivity index (χ1n) is 13.8. The number of ether oxygens (including phenoxy) is 7. The van der Waals surface area contributed by atoms with Crippen LogP contribution in [-0.2, 0) is 23.7 Å². The summed E-state index contributed by atoms with van der Waals surface area (Å²) >= 11 is 0. The fourth-order valence-corrected chi connectivity index (χ4v) is 4.46. The average molecular weight is 601 g/mol. The summed E-state index contributed by atoms with van der Waals surface area (Å²) < 4.78 is 39.3. The van der Waals surface area contributed by atoms with Gasteiger partial charge in [0.05, 0.1) is 17.8 Å². The lowest BCUT2D eigenvalue weighted by Crippen LogP contribution is -2.37. The van der Waals surface area contributed by atoms with Crippen LogP contribution in [0.5, 0.6) is 11.5 Å². The van der Waals surface area contributed by atoms with Gasteiger partial charge in [-0.3, -0.25) is 0 Å². The van der Waals surface area contributed by atoms with E-state index in [4.69, 9.17) is 33.2 Å². The van der Waals surface area contributed by atoms with Gasteiger partial charge < -0.3 is 43.4 Å². The van der Waals surface area contributed by atoms with E-state index in [2.05, 4.69) is 0 Å². The molecule has 0 amide bonds. The molecular formula is C32H40O11. The first-order chi connectivity index (χ1) is 20.5. The van der Waals surface area contributed by atoms with Crippen LogP contribution in [0, 0.1) is 0 Å². The van der Waals surface area contributed by atoms with Crippen molar-refractivity contribution < 1.29 is 53.0 Å². The predicted molar refractivity (Wildman–Crippen MR) is 157 cm³/mol. The lowest BCUT2D eigenvalue weighted by Gasteiger charge is -2.24. The average Bonchev–Trinajstić information content (AvgIpc) is 3.28. The zero-order valence-electron chi connectivity index (χ0n) is 25.1. The Bertz CT molecular complexity index is 1250. The molecule has 11 heteroatoms. The molecule has 0 radical (unpaired) electrons. The number of aliphatic hydroxyl groups is 1.